The number of aromatic nitrogens is 2. The summed E-state index contributed by atoms with van der Waals surface area (Å²) in [5.74, 6) is 2.57. The van der Waals surface area contributed by atoms with E-state index < -0.39 is 0 Å². The van der Waals surface area contributed by atoms with E-state index in [1.54, 1.807) is 4.57 Å². The normalized spacial score (nSPS) is 32.7. The highest BCUT2D eigenvalue weighted by molar-refractivity contribution is 5.87. The highest BCUT2D eigenvalue weighted by Crippen LogP contribution is 2.60. The van der Waals surface area contributed by atoms with Crippen LogP contribution in [0, 0.1) is 23.2 Å². The third kappa shape index (κ3) is 3.40. The number of para-hydroxylation sites is 2. The smallest absolute Gasteiger partial charge is 0.302 e. The molecular weight excluding hydrogens is 386 g/mol. The zero-order valence-electron chi connectivity index (χ0n) is 18.6. The Morgan fingerprint density at radius 2 is 1.42 bits per heavy atom. The van der Waals surface area contributed by atoms with Crippen LogP contribution in [-0.4, -0.2) is 39.5 Å². The number of fused-ring (bicyclic) bond motifs is 1. The molecule has 166 valence electrons. The van der Waals surface area contributed by atoms with Crippen LogP contribution in [0.3, 0.4) is 0 Å². The molecule has 5 fully saturated rings. The van der Waals surface area contributed by atoms with E-state index in [0.29, 0.717) is 12.3 Å². The van der Waals surface area contributed by atoms with Gasteiger partial charge in [-0.05, 0) is 94.3 Å². The predicted molar refractivity (Wildman–Crippen MR) is 122 cm³/mol. The van der Waals surface area contributed by atoms with E-state index in [1.807, 2.05) is 28.8 Å². The molecule has 2 heterocycles. The maximum atomic E-state index is 13.7. The first-order chi connectivity index (χ1) is 15.1. The van der Waals surface area contributed by atoms with Gasteiger partial charge in [0, 0.05) is 18.5 Å². The summed E-state index contributed by atoms with van der Waals surface area (Å²) in [4.78, 5) is 29.7. The summed E-state index contributed by atoms with van der Waals surface area (Å²) < 4.78 is 3.70. The lowest BCUT2D eigenvalue weighted by Gasteiger charge is -2.56. The molecule has 1 aromatic heterocycles. The maximum Gasteiger partial charge on any atom is 0.329 e. The lowest BCUT2D eigenvalue weighted by Crippen LogP contribution is -2.51. The summed E-state index contributed by atoms with van der Waals surface area (Å²) in [6, 6.07) is 8.05. The minimum absolute atomic E-state index is 0.00344. The van der Waals surface area contributed by atoms with Gasteiger partial charge in [-0.25, -0.2) is 4.79 Å². The highest BCUT2D eigenvalue weighted by Gasteiger charge is 2.54. The Morgan fingerprint density at radius 1 is 0.839 bits per heavy atom. The number of ketones is 1. The van der Waals surface area contributed by atoms with Gasteiger partial charge in [0.1, 0.15) is 0 Å². The summed E-state index contributed by atoms with van der Waals surface area (Å²) in [7, 11) is 0. The number of hydrogen-bond acceptors (Lipinski definition) is 3. The molecule has 5 heteroatoms. The molecule has 5 nitrogen and oxygen atoms in total. The lowest BCUT2D eigenvalue weighted by molar-refractivity contribution is -0.144. The molecule has 4 saturated carbocycles. The van der Waals surface area contributed by atoms with Gasteiger partial charge in [-0.3, -0.25) is 13.9 Å². The third-order valence-corrected chi connectivity index (χ3v) is 8.95. The summed E-state index contributed by atoms with van der Waals surface area (Å²) in [6.07, 6.45) is 11.1. The number of hydrogen-bond donors (Lipinski definition) is 0. The van der Waals surface area contributed by atoms with Crippen LogP contribution in [0.2, 0.25) is 0 Å². The molecule has 2 aromatic rings. The van der Waals surface area contributed by atoms with E-state index in [0.717, 1.165) is 67.7 Å². The largest absolute Gasteiger partial charge is 0.329 e. The van der Waals surface area contributed by atoms with Gasteiger partial charge in [-0.1, -0.05) is 18.6 Å². The van der Waals surface area contributed by atoms with Crippen molar-refractivity contribution >= 4 is 16.8 Å². The van der Waals surface area contributed by atoms with E-state index in [9.17, 15) is 9.59 Å². The van der Waals surface area contributed by atoms with Crippen molar-refractivity contribution in [2.24, 2.45) is 23.2 Å². The van der Waals surface area contributed by atoms with Gasteiger partial charge in [0.25, 0.3) is 0 Å². The van der Waals surface area contributed by atoms with E-state index in [-0.39, 0.29) is 17.6 Å². The molecule has 0 unspecified atom stereocenters. The molecular formula is C26H35N3O2. The monoisotopic (exact) mass is 421 g/mol. The molecule has 1 saturated heterocycles. The third-order valence-electron chi connectivity index (χ3n) is 8.95. The molecule has 7 rings (SSSR count). The van der Waals surface area contributed by atoms with Gasteiger partial charge in [0.15, 0.2) is 5.78 Å². The Bertz CT molecular complexity index is 1010. The second kappa shape index (κ2) is 7.61. The quantitative estimate of drug-likeness (QED) is 0.706. The van der Waals surface area contributed by atoms with Gasteiger partial charge in [-0.15, -0.1) is 0 Å². The van der Waals surface area contributed by atoms with Gasteiger partial charge >= 0.3 is 5.69 Å². The zero-order chi connectivity index (χ0) is 21.0. The number of benzene rings is 1. The van der Waals surface area contributed by atoms with Crippen LogP contribution < -0.4 is 5.69 Å². The summed E-state index contributed by atoms with van der Waals surface area (Å²) in [5.41, 5.74) is 1.74. The first-order valence-electron chi connectivity index (χ1n) is 12.5. The number of likely N-dealkylation sites (tertiary alicyclic amines) is 1. The number of imidazole rings is 1. The molecule has 4 aliphatic carbocycles. The minimum atomic E-state index is -0.148. The van der Waals surface area contributed by atoms with Crippen LogP contribution in [0.15, 0.2) is 29.1 Å². The van der Waals surface area contributed by atoms with Gasteiger partial charge in [0.2, 0.25) is 0 Å². The number of rotatable bonds is 6. The van der Waals surface area contributed by atoms with Crippen molar-refractivity contribution in [1.29, 1.82) is 0 Å². The Morgan fingerprint density at radius 3 is 2.03 bits per heavy atom. The first-order valence-corrected chi connectivity index (χ1v) is 12.5. The van der Waals surface area contributed by atoms with Crippen LogP contribution in [-0.2, 0) is 17.9 Å². The lowest BCUT2D eigenvalue weighted by atomic mass is 9.48. The van der Waals surface area contributed by atoms with Crippen LogP contribution in [0.25, 0.3) is 11.0 Å². The Kier molecular flexibility index (Phi) is 4.86. The second-order valence-electron chi connectivity index (χ2n) is 11.0. The number of piperidine rings is 1. The number of Topliss-reactive ketones (excluding diaryl/α,β-unsaturated/α-hetero) is 1. The van der Waals surface area contributed by atoms with Crippen LogP contribution in [0.4, 0.5) is 0 Å². The SMILES string of the molecule is O=C(Cn1c(=O)n(CCN2CCCCC2)c2ccccc21)C12CC3CC(CC(C3)C1)C2. The zero-order valence-corrected chi connectivity index (χ0v) is 18.6. The second-order valence-corrected chi connectivity index (χ2v) is 11.0. The Hall–Kier alpha value is -1.88. The predicted octanol–water partition coefficient (Wildman–Crippen LogP) is 4.07. The molecule has 1 aromatic carbocycles. The van der Waals surface area contributed by atoms with E-state index >= 15 is 0 Å². The van der Waals surface area contributed by atoms with Crippen molar-refractivity contribution in [2.75, 3.05) is 19.6 Å². The highest BCUT2D eigenvalue weighted by atomic mass is 16.2. The molecule has 0 radical (unpaired) electrons. The van der Waals surface area contributed by atoms with Crippen molar-refractivity contribution < 1.29 is 4.79 Å². The van der Waals surface area contributed by atoms with Crippen LogP contribution in [0.5, 0.6) is 0 Å². The molecule has 4 bridgehead atoms. The topological polar surface area (TPSA) is 47.2 Å². The Labute approximate surface area is 184 Å². The summed E-state index contributed by atoms with van der Waals surface area (Å²) in [5, 5.41) is 0. The van der Waals surface area contributed by atoms with Gasteiger partial charge < -0.3 is 4.90 Å². The van der Waals surface area contributed by atoms with Crippen molar-refractivity contribution in [3.63, 3.8) is 0 Å². The fourth-order valence-electron chi connectivity index (χ4n) is 7.83. The van der Waals surface area contributed by atoms with Gasteiger partial charge in [0.05, 0.1) is 17.6 Å². The maximum absolute atomic E-state index is 13.7. The van der Waals surface area contributed by atoms with E-state index in [4.69, 9.17) is 0 Å². The van der Waals surface area contributed by atoms with Crippen molar-refractivity contribution in [2.45, 2.75) is 70.9 Å². The molecule has 5 aliphatic rings. The molecule has 1 aliphatic heterocycles. The van der Waals surface area contributed by atoms with E-state index in [1.165, 1.54) is 38.5 Å². The van der Waals surface area contributed by atoms with Crippen LogP contribution >= 0.6 is 0 Å². The average molecular weight is 422 g/mol. The fraction of sp³-hybridized carbons (Fsp3) is 0.692. The van der Waals surface area contributed by atoms with Gasteiger partial charge in [-0.2, -0.15) is 0 Å². The molecule has 0 atom stereocenters. The fourth-order valence-corrected chi connectivity index (χ4v) is 7.83. The molecule has 0 spiro atoms. The standard InChI is InChI=1S/C26H35N3O2/c30-24(26-15-19-12-20(16-26)14-21(13-19)17-26)18-29-23-7-3-2-6-22(23)28(25(29)31)11-10-27-8-4-1-5-9-27/h2-3,6-7,19-21H,1,4-5,8-18H2. The minimum Gasteiger partial charge on any atom is -0.302 e. The summed E-state index contributed by atoms with van der Waals surface area (Å²) >= 11 is 0. The van der Waals surface area contributed by atoms with Crippen LogP contribution in [0.1, 0.15) is 57.8 Å². The molecule has 31 heavy (non-hydrogen) atoms. The molecule has 0 amide bonds. The first kappa shape index (κ1) is 19.8. The number of carbonyl (C=O) groups is 1. The number of carbonyl (C=O) groups excluding carboxylic acids is 1. The average Bonchev–Trinajstić information content (AvgIpc) is 3.03. The van der Waals surface area contributed by atoms with Crippen molar-refractivity contribution in [1.82, 2.24) is 14.0 Å². The molecule has 0 N–H and O–H groups in total. The Balaban J connectivity index is 1.28. The van der Waals surface area contributed by atoms with Crippen molar-refractivity contribution in [3.05, 3.63) is 34.7 Å². The van der Waals surface area contributed by atoms with E-state index in [2.05, 4.69) is 4.90 Å². The number of nitrogens with zero attached hydrogens (tertiary/aromatic N) is 3. The summed E-state index contributed by atoms with van der Waals surface area (Å²) in [6.45, 7) is 4.15. The van der Waals surface area contributed by atoms with Crippen molar-refractivity contribution in [3.8, 4) is 0 Å².